The summed E-state index contributed by atoms with van der Waals surface area (Å²) in [6.07, 6.45) is 4.16. The molecule has 2 heterocycles. The van der Waals surface area contributed by atoms with Crippen molar-refractivity contribution >= 4 is 25.7 Å². The lowest BCUT2D eigenvalue weighted by atomic mass is 10.1. The fourth-order valence-corrected chi connectivity index (χ4v) is 6.29. The molecule has 27 heavy (non-hydrogen) atoms. The van der Waals surface area contributed by atoms with Crippen molar-refractivity contribution in [2.24, 2.45) is 7.05 Å². The Morgan fingerprint density at radius 1 is 1.11 bits per heavy atom. The van der Waals surface area contributed by atoms with Crippen LogP contribution in [0.15, 0.2) is 40.3 Å². The van der Waals surface area contributed by atoms with Crippen LogP contribution in [0.3, 0.4) is 0 Å². The number of piperidine rings is 1. The van der Waals surface area contributed by atoms with Crippen molar-refractivity contribution in [2.75, 3.05) is 11.3 Å². The molecule has 0 saturated carbocycles. The molecule has 1 atom stereocenters. The molecule has 148 valence electrons. The third kappa shape index (κ3) is 4.02. The number of hydrogen-bond acceptors (Lipinski definition) is 5. The highest BCUT2D eigenvalue weighted by Gasteiger charge is 2.31. The maximum absolute atomic E-state index is 12.8. The molecule has 1 saturated heterocycles. The first kappa shape index (κ1) is 19.8. The number of aryl methyl sites for hydroxylation is 2. The Hall–Kier alpha value is -1.91. The molecule has 1 N–H and O–H groups in total. The van der Waals surface area contributed by atoms with Crippen LogP contribution in [0.2, 0.25) is 0 Å². The molecule has 1 aromatic heterocycles. The van der Waals surface area contributed by atoms with Gasteiger partial charge in [0.2, 0.25) is 10.0 Å². The van der Waals surface area contributed by atoms with Crippen LogP contribution < -0.4 is 4.72 Å². The third-order valence-corrected chi connectivity index (χ3v) is 8.23. The number of rotatable bonds is 5. The van der Waals surface area contributed by atoms with Crippen molar-refractivity contribution in [3.05, 3.63) is 36.2 Å². The van der Waals surface area contributed by atoms with Gasteiger partial charge in [0.25, 0.3) is 10.0 Å². The first-order valence-corrected chi connectivity index (χ1v) is 11.7. The average molecular weight is 413 g/mol. The van der Waals surface area contributed by atoms with Crippen LogP contribution in [0.25, 0.3) is 0 Å². The van der Waals surface area contributed by atoms with E-state index in [-0.39, 0.29) is 15.8 Å². The number of sulfonamides is 2. The third-order valence-electron chi connectivity index (χ3n) is 4.71. The summed E-state index contributed by atoms with van der Waals surface area (Å²) in [5.41, 5.74) is 0.687. The second kappa shape index (κ2) is 7.25. The minimum absolute atomic E-state index is 0.0320. The van der Waals surface area contributed by atoms with Crippen LogP contribution in [0, 0.1) is 6.92 Å². The van der Waals surface area contributed by atoms with E-state index in [4.69, 9.17) is 0 Å². The summed E-state index contributed by atoms with van der Waals surface area (Å²) >= 11 is 0. The zero-order chi connectivity index (χ0) is 19.8. The summed E-state index contributed by atoms with van der Waals surface area (Å²) in [7, 11) is -5.73. The van der Waals surface area contributed by atoms with Gasteiger partial charge in [-0.25, -0.2) is 16.8 Å². The maximum Gasteiger partial charge on any atom is 0.265 e. The summed E-state index contributed by atoms with van der Waals surface area (Å²) in [4.78, 5) is 0.251. The van der Waals surface area contributed by atoms with Gasteiger partial charge in [0.05, 0.1) is 10.6 Å². The van der Waals surface area contributed by atoms with Crippen molar-refractivity contribution < 1.29 is 16.8 Å². The quantitative estimate of drug-likeness (QED) is 0.810. The molecule has 0 spiro atoms. The van der Waals surface area contributed by atoms with Gasteiger partial charge < -0.3 is 0 Å². The van der Waals surface area contributed by atoms with Crippen LogP contribution in [-0.4, -0.2) is 43.5 Å². The topological polar surface area (TPSA) is 101 Å². The summed E-state index contributed by atoms with van der Waals surface area (Å²) in [5.74, 6) is 0. The Bertz CT molecular complexity index is 1030. The molecule has 3 rings (SSSR count). The van der Waals surface area contributed by atoms with Crippen molar-refractivity contribution in [2.45, 2.75) is 48.9 Å². The van der Waals surface area contributed by atoms with Crippen LogP contribution in [0.5, 0.6) is 0 Å². The van der Waals surface area contributed by atoms with E-state index in [1.54, 1.807) is 14.0 Å². The zero-order valence-electron chi connectivity index (χ0n) is 15.6. The first-order valence-electron chi connectivity index (χ1n) is 8.76. The zero-order valence-corrected chi connectivity index (χ0v) is 17.2. The largest absolute Gasteiger partial charge is 0.280 e. The van der Waals surface area contributed by atoms with Crippen molar-refractivity contribution in [3.8, 4) is 0 Å². The number of nitrogens with zero attached hydrogens (tertiary/aromatic N) is 3. The molecular weight excluding hydrogens is 388 g/mol. The minimum Gasteiger partial charge on any atom is -0.280 e. The maximum atomic E-state index is 12.8. The lowest BCUT2D eigenvalue weighted by molar-refractivity contribution is 0.268. The highest BCUT2D eigenvalue weighted by Crippen LogP contribution is 2.26. The molecule has 8 nitrogen and oxygen atoms in total. The molecule has 0 bridgehead atoms. The predicted molar refractivity (Wildman–Crippen MR) is 102 cm³/mol. The number of nitrogens with one attached hydrogen (secondary N) is 1. The number of anilines is 1. The Labute approximate surface area is 160 Å². The molecule has 1 fully saturated rings. The van der Waals surface area contributed by atoms with Gasteiger partial charge >= 0.3 is 0 Å². The molecule has 0 aliphatic carbocycles. The van der Waals surface area contributed by atoms with Gasteiger partial charge in [-0.1, -0.05) is 6.42 Å². The molecule has 0 radical (unpaired) electrons. The molecule has 1 aromatic carbocycles. The van der Waals surface area contributed by atoms with E-state index in [0.717, 1.165) is 19.3 Å². The van der Waals surface area contributed by atoms with E-state index in [1.165, 1.54) is 39.4 Å². The van der Waals surface area contributed by atoms with Crippen molar-refractivity contribution in [1.82, 2.24) is 14.1 Å². The lowest BCUT2D eigenvalue weighted by Gasteiger charge is -2.32. The van der Waals surface area contributed by atoms with Crippen LogP contribution in [0.1, 0.15) is 31.9 Å². The van der Waals surface area contributed by atoms with E-state index in [9.17, 15) is 16.8 Å². The Morgan fingerprint density at radius 3 is 2.33 bits per heavy atom. The Balaban J connectivity index is 1.82. The fourth-order valence-electron chi connectivity index (χ4n) is 3.31. The predicted octanol–water partition coefficient (Wildman–Crippen LogP) is 2.09. The summed E-state index contributed by atoms with van der Waals surface area (Å²) < 4.78 is 56.1. The summed E-state index contributed by atoms with van der Waals surface area (Å²) in [5, 5.41) is 4.04. The normalized spacial score (nSPS) is 19.1. The average Bonchev–Trinajstić information content (AvgIpc) is 2.94. The van der Waals surface area contributed by atoms with Crippen LogP contribution in [0.4, 0.5) is 5.69 Å². The second-order valence-electron chi connectivity index (χ2n) is 6.84. The number of benzene rings is 1. The van der Waals surface area contributed by atoms with Crippen molar-refractivity contribution in [3.63, 3.8) is 0 Å². The molecular formula is C17H24N4O4S2. The van der Waals surface area contributed by atoms with Gasteiger partial charge in [-0.3, -0.25) is 9.40 Å². The summed E-state index contributed by atoms with van der Waals surface area (Å²) in [6, 6.07) is 5.76. The first-order chi connectivity index (χ1) is 12.6. The molecule has 2 aromatic rings. The molecule has 1 aliphatic heterocycles. The SMILES string of the molecule is Cc1nn(C)cc1S(=O)(=O)Nc1ccc(S(=O)(=O)N2CCCCC2C)cc1. The fraction of sp³-hybridized carbons (Fsp3) is 0.471. The number of aromatic nitrogens is 2. The minimum atomic E-state index is -3.79. The smallest absolute Gasteiger partial charge is 0.265 e. The Morgan fingerprint density at radius 2 is 1.78 bits per heavy atom. The highest BCUT2D eigenvalue weighted by molar-refractivity contribution is 7.92. The van der Waals surface area contributed by atoms with E-state index >= 15 is 0 Å². The van der Waals surface area contributed by atoms with Gasteiger partial charge in [-0.2, -0.15) is 9.40 Å². The van der Waals surface area contributed by atoms with E-state index in [1.807, 2.05) is 6.92 Å². The molecule has 1 aliphatic rings. The summed E-state index contributed by atoms with van der Waals surface area (Å²) in [6.45, 7) is 4.04. The molecule has 0 amide bonds. The van der Waals surface area contributed by atoms with E-state index in [2.05, 4.69) is 9.82 Å². The second-order valence-corrected chi connectivity index (χ2v) is 10.4. The van der Waals surface area contributed by atoms with Crippen LogP contribution >= 0.6 is 0 Å². The van der Waals surface area contributed by atoms with Gasteiger partial charge in [0.15, 0.2) is 0 Å². The standard InChI is InChI=1S/C17H24N4O4S2/c1-13-6-4-5-11-21(13)27(24,25)16-9-7-15(8-10-16)19-26(22,23)17-12-20(3)18-14(17)2/h7-10,12-13,19H,4-6,11H2,1-3H3. The Kier molecular flexibility index (Phi) is 5.33. The molecule has 1 unspecified atom stereocenters. The highest BCUT2D eigenvalue weighted by atomic mass is 32.2. The van der Waals surface area contributed by atoms with Gasteiger partial charge in [0, 0.05) is 31.5 Å². The van der Waals surface area contributed by atoms with E-state index < -0.39 is 20.0 Å². The number of hydrogen-bond donors (Lipinski definition) is 1. The van der Waals surface area contributed by atoms with Crippen LogP contribution in [-0.2, 0) is 27.1 Å². The molecule has 10 heteroatoms. The van der Waals surface area contributed by atoms with Crippen molar-refractivity contribution in [1.29, 1.82) is 0 Å². The lowest BCUT2D eigenvalue weighted by Crippen LogP contribution is -2.41. The van der Waals surface area contributed by atoms with Gasteiger partial charge in [-0.05, 0) is 51.0 Å². The van der Waals surface area contributed by atoms with Gasteiger partial charge in [0.1, 0.15) is 4.90 Å². The monoisotopic (exact) mass is 412 g/mol. The van der Waals surface area contributed by atoms with Gasteiger partial charge in [-0.15, -0.1) is 0 Å². The van der Waals surface area contributed by atoms with E-state index in [0.29, 0.717) is 17.9 Å².